The number of ether oxygens (including phenoxy) is 1. The van der Waals surface area contributed by atoms with E-state index in [0.717, 1.165) is 0 Å². The summed E-state index contributed by atoms with van der Waals surface area (Å²) in [5.41, 5.74) is 1.57. The van der Waals surface area contributed by atoms with Crippen LogP contribution in [0.5, 0.6) is 5.75 Å². The number of para-hydroxylation sites is 1. The molecule has 0 aliphatic carbocycles. The van der Waals surface area contributed by atoms with Crippen molar-refractivity contribution >= 4 is 23.1 Å². The van der Waals surface area contributed by atoms with Gasteiger partial charge >= 0.3 is 5.97 Å². The third kappa shape index (κ3) is 5.08. The number of benzene rings is 1. The molecule has 0 aliphatic rings. The van der Waals surface area contributed by atoms with Crippen LogP contribution in [0.4, 0.5) is 0 Å². The van der Waals surface area contributed by atoms with Gasteiger partial charge in [-0.3, -0.25) is 0 Å². The summed E-state index contributed by atoms with van der Waals surface area (Å²) in [6, 6.07) is 6.78. The van der Waals surface area contributed by atoms with Crippen molar-refractivity contribution in [3.63, 3.8) is 0 Å². The van der Waals surface area contributed by atoms with E-state index in [4.69, 9.17) is 19.2 Å². The number of carbonyl (C=O) groups excluding carboxylic acids is 1. The lowest BCUT2D eigenvalue weighted by Gasteiger charge is -2.09. The monoisotopic (exact) mass is 335 g/mol. The zero-order valence-electron chi connectivity index (χ0n) is 14.4. The van der Waals surface area contributed by atoms with Crippen molar-refractivity contribution in [2.45, 2.75) is 20.3 Å². The Morgan fingerprint density at radius 1 is 1.04 bits per heavy atom. The molecule has 0 atom stereocenters. The molecule has 0 fully saturated rings. The topological polar surface area (TPSA) is 91.1 Å². The number of hydrogen-bond donors (Lipinski definition) is 0. The minimum atomic E-state index is -0.649. The van der Waals surface area contributed by atoms with Crippen LogP contribution in [0.15, 0.2) is 39.7 Å². The summed E-state index contributed by atoms with van der Waals surface area (Å²) in [5, 5.41) is 11.6. The minimum absolute atomic E-state index is 0.0234. The van der Waals surface area contributed by atoms with E-state index in [1.807, 2.05) is 6.92 Å². The fourth-order valence-electron chi connectivity index (χ4n) is 1.79. The molecule has 0 N–H and O–H groups in total. The quantitative estimate of drug-likeness (QED) is 0.413. The predicted octanol–water partition coefficient (Wildman–Crippen LogP) is 2.38. The zero-order chi connectivity index (χ0) is 17.9. The van der Waals surface area contributed by atoms with Gasteiger partial charge in [-0.05, 0) is 25.5 Å². The molecule has 1 rings (SSSR count). The van der Waals surface area contributed by atoms with Crippen LogP contribution in [0.3, 0.4) is 0 Å². The standard InChI is InChI=1S/C16H21N3O5/c1-6-13(18-22-4)11(2)17-24-14-10-8-7-9-12(14)15(19-23-5)16(20)21-3/h7-10H,6H2,1-5H3/b17-11+,18-13+,19-15-. The number of hydrogen-bond acceptors (Lipinski definition) is 8. The first-order chi connectivity index (χ1) is 11.6. The molecule has 8 heteroatoms. The number of methoxy groups -OCH3 is 1. The van der Waals surface area contributed by atoms with E-state index in [1.165, 1.54) is 21.3 Å². The van der Waals surface area contributed by atoms with Crippen molar-refractivity contribution in [2.75, 3.05) is 21.3 Å². The minimum Gasteiger partial charge on any atom is -0.464 e. The third-order valence-electron chi connectivity index (χ3n) is 2.94. The van der Waals surface area contributed by atoms with Crippen molar-refractivity contribution in [3.8, 4) is 5.75 Å². The molecule has 0 radical (unpaired) electrons. The first-order valence-electron chi connectivity index (χ1n) is 7.19. The second-order valence-electron chi connectivity index (χ2n) is 4.45. The average molecular weight is 335 g/mol. The van der Waals surface area contributed by atoms with Crippen LogP contribution in [0.1, 0.15) is 25.8 Å². The Morgan fingerprint density at radius 2 is 1.71 bits per heavy atom. The third-order valence-corrected chi connectivity index (χ3v) is 2.94. The Hall–Kier alpha value is -2.90. The first-order valence-corrected chi connectivity index (χ1v) is 7.19. The van der Waals surface area contributed by atoms with E-state index in [9.17, 15) is 4.79 Å². The van der Waals surface area contributed by atoms with Gasteiger partial charge in [-0.1, -0.05) is 34.5 Å². The van der Waals surface area contributed by atoms with Gasteiger partial charge < -0.3 is 19.2 Å². The number of esters is 1. The normalized spacial score (nSPS) is 12.6. The SMILES string of the molecule is CCC(=N\OC)/C(C)=N/Oc1ccccc1/C(=N/OC)C(=O)OC. The van der Waals surface area contributed by atoms with Crippen molar-refractivity contribution in [1.82, 2.24) is 0 Å². The van der Waals surface area contributed by atoms with Gasteiger partial charge in [0.2, 0.25) is 0 Å². The summed E-state index contributed by atoms with van der Waals surface area (Å²) < 4.78 is 4.71. The highest BCUT2D eigenvalue weighted by atomic mass is 16.6. The van der Waals surface area contributed by atoms with Crippen LogP contribution < -0.4 is 4.84 Å². The zero-order valence-corrected chi connectivity index (χ0v) is 14.4. The molecule has 0 unspecified atom stereocenters. The molecule has 0 amide bonds. The van der Waals surface area contributed by atoms with Crippen molar-refractivity contribution < 1.29 is 24.0 Å². The van der Waals surface area contributed by atoms with Crippen LogP contribution in [-0.4, -0.2) is 44.4 Å². The number of nitrogens with zero attached hydrogens (tertiary/aromatic N) is 3. The van der Waals surface area contributed by atoms with Gasteiger partial charge in [0, 0.05) is 0 Å². The van der Waals surface area contributed by atoms with Crippen LogP contribution in [0.25, 0.3) is 0 Å². The van der Waals surface area contributed by atoms with Crippen molar-refractivity contribution in [3.05, 3.63) is 29.8 Å². The molecule has 0 aliphatic heterocycles. The lowest BCUT2D eigenvalue weighted by molar-refractivity contribution is -0.132. The molecule has 130 valence electrons. The predicted molar refractivity (Wildman–Crippen MR) is 90.5 cm³/mol. The maximum Gasteiger partial charge on any atom is 0.360 e. The van der Waals surface area contributed by atoms with Crippen LogP contribution in [0.2, 0.25) is 0 Å². The van der Waals surface area contributed by atoms with E-state index in [0.29, 0.717) is 29.2 Å². The Balaban J connectivity index is 3.17. The fraction of sp³-hybridized carbons (Fsp3) is 0.375. The molecule has 0 bridgehead atoms. The molecule has 24 heavy (non-hydrogen) atoms. The first kappa shape index (κ1) is 19.1. The van der Waals surface area contributed by atoms with Gasteiger partial charge in [0.25, 0.3) is 0 Å². The molecule has 0 saturated carbocycles. The van der Waals surface area contributed by atoms with Gasteiger partial charge in [-0.15, -0.1) is 0 Å². The number of rotatable bonds is 8. The second kappa shape index (κ2) is 9.98. The summed E-state index contributed by atoms with van der Waals surface area (Å²) >= 11 is 0. The van der Waals surface area contributed by atoms with E-state index in [-0.39, 0.29) is 5.71 Å². The highest BCUT2D eigenvalue weighted by molar-refractivity contribution is 6.43. The molecule has 8 nitrogen and oxygen atoms in total. The summed E-state index contributed by atoms with van der Waals surface area (Å²) in [5.74, 6) is -0.324. The number of carbonyl (C=O) groups is 1. The maximum atomic E-state index is 11.9. The van der Waals surface area contributed by atoms with E-state index >= 15 is 0 Å². The van der Waals surface area contributed by atoms with E-state index in [2.05, 4.69) is 15.5 Å². The second-order valence-corrected chi connectivity index (χ2v) is 4.45. The largest absolute Gasteiger partial charge is 0.464 e. The van der Waals surface area contributed by atoms with Crippen molar-refractivity contribution in [2.24, 2.45) is 15.5 Å². The lowest BCUT2D eigenvalue weighted by Crippen LogP contribution is -2.18. The van der Waals surface area contributed by atoms with E-state index < -0.39 is 5.97 Å². The Kier molecular flexibility index (Phi) is 7.97. The molecule has 0 aromatic heterocycles. The maximum absolute atomic E-state index is 11.9. The molecule has 1 aromatic rings. The van der Waals surface area contributed by atoms with Gasteiger partial charge in [0.1, 0.15) is 25.6 Å². The smallest absolute Gasteiger partial charge is 0.360 e. The van der Waals surface area contributed by atoms with E-state index in [1.54, 1.807) is 31.2 Å². The van der Waals surface area contributed by atoms with Crippen LogP contribution >= 0.6 is 0 Å². The summed E-state index contributed by atoms with van der Waals surface area (Å²) in [6.07, 6.45) is 0.632. The molecular formula is C16H21N3O5. The van der Waals surface area contributed by atoms with Gasteiger partial charge in [-0.25, -0.2) is 4.79 Å². The van der Waals surface area contributed by atoms with Crippen LogP contribution in [0, 0.1) is 0 Å². The highest BCUT2D eigenvalue weighted by Gasteiger charge is 2.20. The molecule has 0 saturated heterocycles. The Bertz CT molecular complexity index is 653. The summed E-state index contributed by atoms with van der Waals surface area (Å²) in [7, 11) is 4.06. The molecule has 0 spiro atoms. The Labute approximate surface area is 140 Å². The van der Waals surface area contributed by atoms with Crippen LogP contribution in [-0.2, 0) is 19.2 Å². The highest BCUT2D eigenvalue weighted by Crippen LogP contribution is 2.20. The number of oxime groups is 3. The molecular weight excluding hydrogens is 314 g/mol. The summed E-state index contributed by atoms with van der Waals surface area (Å²) in [6.45, 7) is 3.67. The fourth-order valence-corrected chi connectivity index (χ4v) is 1.79. The average Bonchev–Trinajstić information content (AvgIpc) is 2.61. The van der Waals surface area contributed by atoms with Crippen molar-refractivity contribution in [1.29, 1.82) is 0 Å². The van der Waals surface area contributed by atoms with Gasteiger partial charge in [-0.2, -0.15) is 0 Å². The molecule has 0 heterocycles. The summed E-state index contributed by atoms with van der Waals surface area (Å²) in [4.78, 5) is 26.8. The van der Waals surface area contributed by atoms with Gasteiger partial charge in [0.05, 0.1) is 12.7 Å². The lowest BCUT2D eigenvalue weighted by atomic mass is 10.1. The molecule has 1 aromatic carbocycles. The van der Waals surface area contributed by atoms with Gasteiger partial charge in [0.15, 0.2) is 11.5 Å². The Morgan fingerprint density at radius 3 is 2.29 bits per heavy atom.